The number of esters is 1. The van der Waals surface area contributed by atoms with Crippen LogP contribution in [-0.2, 0) is 23.5 Å². The zero-order valence-corrected chi connectivity index (χ0v) is 15.1. The highest BCUT2D eigenvalue weighted by molar-refractivity contribution is 6.64. The molecule has 6 nitrogen and oxygen atoms in total. The van der Waals surface area contributed by atoms with E-state index >= 15 is 0 Å². The first-order valence-electron chi connectivity index (χ1n) is 8.17. The molecule has 0 N–H and O–H groups in total. The average Bonchev–Trinajstić information content (AvgIpc) is 3.13. The summed E-state index contributed by atoms with van der Waals surface area (Å²) in [6.07, 6.45) is -0.710. The molecule has 1 aromatic rings. The lowest BCUT2D eigenvalue weighted by atomic mass is 9.72. The lowest BCUT2D eigenvalue weighted by Crippen LogP contribution is -2.42. The molecule has 2 fully saturated rings. The van der Waals surface area contributed by atoms with Gasteiger partial charge in [0.25, 0.3) is 0 Å². The number of benzene rings is 1. The number of hydrogen-bond acceptors (Lipinski definition) is 6. The van der Waals surface area contributed by atoms with E-state index in [0.29, 0.717) is 18.8 Å². The molecule has 25 heavy (non-hydrogen) atoms. The Kier molecular flexibility index (Phi) is 4.66. The molecule has 3 rings (SSSR count). The molecule has 2 saturated heterocycles. The minimum absolute atomic E-state index is 0.224. The molecule has 2 heterocycles. The highest BCUT2D eigenvalue weighted by Crippen LogP contribution is 2.38. The van der Waals surface area contributed by atoms with Gasteiger partial charge in [0, 0.05) is 11.0 Å². The van der Waals surface area contributed by atoms with Crippen LogP contribution in [0.3, 0.4) is 0 Å². The van der Waals surface area contributed by atoms with Crippen LogP contribution in [0.15, 0.2) is 12.1 Å². The summed E-state index contributed by atoms with van der Waals surface area (Å²) in [5, 5.41) is 0. The van der Waals surface area contributed by atoms with Gasteiger partial charge in [-0.05, 0) is 33.8 Å². The summed E-state index contributed by atoms with van der Waals surface area (Å²) < 4.78 is 42.4. The van der Waals surface area contributed by atoms with Gasteiger partial charge in [0.1, 0.15) is 5.82 Å². The van der Waals surface area contributed by atoms with Crippen molar-refractivity contribution in [3.05, 3.63) is 29.1 Å². The van der Waals surface area contributed by atoms with Crippen LogP contribution in [0, 0.1) is 5.82 Å². The van der Waals surface area contributed by atoms with Crippen molar-refractivity contribution in [1.29, 1.82) is 0 Å². The molecule has 1 aromatic carbocycles. The molecule has 8 heteroatoms. The van der Waals surface area contributed by atoms with E-state index in [1.165, 1.54) is 19.2 Å². The molecule has 0 aromatic heterocycles. The second-order valence-corrected chi connectivity index (χ2v) is 7.08. The number of carbonyl (C=O) groups is 1. The molecule has 0 atom stereocenters. The highest BCUT2D eigenvalue weighted by Gasteiger charge is 2.54. The Bertz CT molecular complexity index is 668. The summed E-state index contributed by atoms with van der Waals surface area (Å²) in [6.45, 7) is 8.36. The van der Waals surface area contributed by atoms with Gasteiger partial charge in [-0.15, -0.1) is 0 Å². The average molecular weight is 352 g/mol. The first-order chi connectivity index (χ1) is 11.7. The second kappa shape index (κ2) is 6.35. The Balaban J connectivity index is 2.15. The van der Waals surface area contributed by atoms with Gasteiger partial charge in [-0.2, -0.15) is 0 Å². The second-order valence-electron chi connectivity index (χ2n) is 7.08. The Labute approximate surface area is 146 Å². The van der Waals surface area contributed by atoms with Crippen molar-refractivity contribution in [1.82, 2.24) is 0 Å². The van der Waals surface area contributed by atoms with E-state index < -0.39 is 36.4 Å². The fraction of sp³-hybridized carbons (Fsp3) is 0.588. The van der Waals surface area contributed by atoms with Crippen molar-refractivity contribution in [2.75, 3.05) is 20.3 Å². The van der Waals surface area contributed by atoms with Gasteiger partial charge >= 0.3 is 13.1 Å². The Morgan fingerprint density at radius 2 is 1.72 bits per heavy atom. The lowest BCUT2D eigenvalue weighted by molar-refractivity contribution is -0.0436. The van der Waals surface area contributed by atoms with E-state index in [2.05, 4.69) is 0 Å². The molecule has 0 bridgehead atoms. The fourth-order valence-electron chi connectivity index (χ4n) is 2.88. The molecule has 2 aliphatic rings. The first-order valence-corrected chi connectivity index (χ1v) is 8.17. The number of ether oxygens (including phenoxy) is 3. The summed E-state index contributed by atoms with van der Waals surface area (Å²) in [4.78, 5) is 12.2. The van der Waals surface area contributed by atoms with Crippen LogP contribution in [-0.4, -0.2) is 44.6 Å². The number of carbonyl (C=O) groups excluding carboxylic acids is 1. The summed E-state index contributed by atoms with van der Waals surface area (Å²) in [6, 6.07) is 2.72. The predicted octanol–water partition coefficient (Wildman–Crippen LogP) is 1.96. The van der Waals surface area contributed by atoms with E-state index in [-0.39, 0.29) is 11.0 Å². The molecular weight excluding hydrogens is 330 g/mol. The zero-order valence-electron chi connectivity index (χ0n) is 15.1. The van der Waals surface area contributed by atoms with Crippen LogP contribution in [0.4, 0.5) is 4.39 Å². The van der Waals surface area contributed by atoms with Crippen LogP contribution < -0.4 is 5.46 Å². The van der Waals surface area contributed by atoms with E-state index in [1.54, 1.807) is 0 Å². The summed E-state index contributed by atoms with van der Waals surface area (Å²) in [5.41, 5.74) is -0.772. The van der Waals surface area contributed by atoms with Gasteiger partial charge in [-0.3, -0.25) is 0 Å². The minimum Gasteiger partial charge on any atom is -0.465 e. The number of hydrogen-bond donors (Lipinski definition) is 0. The van der Waals surface area contributed by atoms with Crippen LogP contribution >= 0.6 is 0 Å². The summed E-state index contributed by atoms with van der Waals surface area (Å²) in [7, 11) is 0.253. The third-order valence-electron chi connectivity index (χ3n) is 4.98. The Morgan fingerprint density at radius 3 is 2.24 bits per heavy atom. The van der Waals surface area contributed by atoms with Crippen LogP contribution in [0.2, 0.25) is 0 Å². The SMILES string of the molecule is COC(=O)c1c(F)ccc(C2OCCO2)c1B1OC(C)(C)C(C)(C)O1. The lowest BCUT2D eigenvalue weighted by Gasteiger charge is -2.32. The van der Waals surface area contributed by atoms with Crippen molar-refractivity contribution in [3.63, 3.8) is 0 Å². The summed E-state index contributed by atoms with van der Waals surface area (Å²) >= 11 is 0. The standard InChI is InChI=1S/C17H22BFO6/c1-16(2)17(3,4)25-18(24-16)13-10(15-22-8-9-23-15)6-7-11(19)12(13)14(20)21-5/h6-7,15H,8-9H2,1-5H3. The van der Waals surface area contributed by atoms with E-state index in [0.717, 1.165) is 0 Å². The minimum atomic E-state index is -0.947. The number of halogens is 1. The zero-order chi connectivity index (χ0) is 18.4. The fourth-order valence-corrected chi connectivity index (χ4v) is 2.88. The van der Waals surface area contributed by atoms with E-state index in [9.17, 15) is 9.18 Å². The number of rotatable bonds is 3. The predicted molar refractivity (Wildman–Crippen MR) is 88.1 cm³/mol. The quantitative estimate of drug-likeness (QED) is 0.612. The van der Waals surface area contributed by atoms with Gasteiger partial charge in [0.15, 0.2) is 6.29 Å². The molecule has 0 spiro atoms. The maximum absolute atomic E-state index is 14.5. The van der Waals surface area contributed by atoms with Gasteiger partial charge < -0.3 is 23.5 Å². The van der Waals surface area contributed by atoms with Crippen molar-refractivity contribution >= 4 is 18.6 Å². The Morgan fingerprint density at radius 1 is 1.16 bits per heavy atom. The third-order valence-corrected chi connectivity index (χ3v) is 4.98. The molecule has 0 aliphatic carbocycles. The van der Waals surface area contributed by atoms with Gasteiger partial charge in [-0.1, -0.05) is 6.07 Å². The largest absolute Gasteiger partial charge is 0.496 e. The normalized spacial score (nSPS) is 22.4. The topological polar surface area (TPSA) is 63.2 Å². The van der Waals surface area contributed by atoms with Crippen molar-refractivity contribution in [3.8, 4) is 0 Å². The molecule has 0 saturated carbocycles. The van der Waals surface area contributed by atoms with E-state index in [1.807, 2.05) is 27.7 Å². The van der Waals surface area contributed by atoms with Gasteiger partial charge in [-0.25, -0.2) is 9.18 Å². The van der Waals surface area contributed by atoms with Crippen LogP contribution in [0.1, 0.15) is 49.9 Å². The smallest absolute Gasteiger partial charge is 0.465 e. The van der Waals surface area contributed by atoms with Crippen molar-refractivity contribution < 1.29 is 32.7 Å². The monoisotopic (exact) mass is 352 g/mol. The maximum atomic E-state index is 14.5. The molecule has 2 aliphatic heterocycles. The molecule has 0 amide bonds. The van der Waals surface area contributed by atoms with Crippen molar-refractivity contribution in [2.45, 2.75) is 45.2 Å². The molecule has 136 valence electrons. The maximum Gasteiger partial charge on any atom is 0.496 e. The Hall–Kier alpha value is -1.48. The van der Waals surface area contributed by atoms with Crippen LogP contribution in [0.25, 0.3) is 0 Å². The van der Waals surface area contributed by atoms with Crippen molar-refractivity contribution in [2.24, 2.45) is 0 Å². The van der Waals surface area contributed by atoms with Gasteiger partial charge in [0.05, 0.1) is 37.1 Å². The molecular formula is C17H22BFO6. The molecule has 0 radical (unpaired) electrons. The van der Waals surface area contributed by atoms with Crippen LogP contribution in [0.5, 0.6) is 0 Å². The number of methoxy groups -OCH3 is 1. The highest BCUT2D eigenvalue weighted by atomic mass is 19.1. The molecule has 0 unspecified atom stereocenters. The van der Waals surface area contributed by atoms with E-state index in [4.69, 9.17) is 23.5 Å². The summed E-state index contributed by atoms with van der Waals surface area (Å²) in [5.74, 6) is -1.51. The first kappa shape index (κ1) is 18.3. The van der Waals surface area contributed by atoms with Gasteiger partial charge in [0.2, 0.25) is 0 Å². The third kappa shape index (κ3) is 3.08.